The van der Waals surface area contributed by atoms with Crippen LogP contribution in [-0.4, -0.2) is 23.3 Å². The van der Waals surface area contributed by atoms with Gasteiger partial charge >= 0.3 is 5.97 Å². The van der Waals surface area contributed by atoms with Crippen molar-refractivity contribution >= 4 is 11.8 Å². The summed E-state index contributed by atoms with van der Waals surface area (Å²) in [5.41, 5.74) is 0.769. The maximum Gasteiger partial charge on any atom is 0.340 e. The van der Waals surface area contributed by atoms with Gasteiger partial charge in [0.2, 0.25) is 0 Å². The summed E-state index contributed by atoms with van der Waals surface area (Å²) >= 11 is 0. The number of carbonyl (C=O) groups is 2. The van der Waals surface area contributed by atoms with Crippen LogP contribution in [0.1, 0.15) is 45.8 Å². The fourth-order valence-corrected chi connectivity index (χ4v) is 2.18. The molecule has 0 fully saturated rings. The van der Waals surface area contributed by atoms with Gasteiger partial charge in [-0.3, -0.25) is 9.59 Å². The molecule has 1 aromatic carbocycles. The van der Waals surface area contributed by atoms with Gasteiger partial charge < -0.3 is 14.5 Å². The van der Waals surface area contributed by atoms with E-state index in [-0.39, 0.29) is 24.3 Å². The Labute approximate surface area is 139 Å². The summed E-state index contributed by atoms with van der Waals surface area (Å²) < 4.78 is 10.5. The first-order valence-electron chi connectivity index (χ1n) is 7.58. The maximum absolute atomic E-state index is 12.1. The van der Waals surface area contributed by atoms with E-state index in [0.29, 0.717) is 12.3 Å². The second kappa shape index (κ2) is 8.21. The Hall–Kier alpha value is -2.73. The fraction of sp³-hybridized carbons (Fsp3) is 0.278. The van der Waals surface area contributed by atoms with Crippen LogP contribution in [0.5, 0.6) is 0 Å². The Morgan fingerprint density at radius 2 is 1.79 bits per heavy atom. The molecule has 6 nitrogen and oxygen atoms in total. The van der Waals surface area contributed by atoms with E-state index in [9.17, 15) is 14.4 Å². The molecule has 0 aliphatic rings. The standard InChI is InChI=1S/C18H19NO5/c1-3-24-18(22)15-9-14(12(2)20)17(21)19-16(15)11-23-10-13-7-5-4-6-8-13/h4-9H,3,10-11H2,1-2H3,(H,19,21). The van der Waals surface area contributed by atoms with Crippen molar-refractivity contribution in [1.29, 1.82) is 0 Å². The number of ketones is 1. The van der Waals surface area contributed by atoms with Crippen molar-refractivity contribution < 1.29 is 19.1 Å². The van der Waals surface area contributed by atoms with Gasteiger partial charge in [-0.15, -0.1) is 0 Å². The van der Waals surface area contributed by atoms with Crippen LogP contribution in [-0.2, 0) is 22.7 Å². The van der Waals surface area contributed by atoms with Crippen molar-refractivity contribution in [1.82, 2.24) is 4.98 Å². The molecular formula is C18H19NO5. The highest BCUT2D eigenvalue weighted by Gasteiger charge is 2.18. The number of Topliss-reactive ketones (excluding diaryl/α,β-unsaturated/α-hetero) is 1. The molecule has 126 valence electrons. The van der Waals surface area contributed by atoms with Crippen LogP contribution in [0.4, 0.5) is 0 Å². The van der Waals surface area contributed by atoms with Crippen molar-refractivity contribution in [2.24, 2.45) is 0 Å². The minimum Gasteiger partial charge on any atom is -0.462 e. The Balaban J connectivity index is 2.23. The van der Waals surface area contributed by atoms with Crippen molar-refractivity contribution in [3.8, 4) is 0 Å². The molecule has 0 radical (unpaired) electrons. The highest BCUT2D eigenvalue weighted by atomic mass is 16.5. The van der Waals surface area contributed by atoms with Gasteiger partial charge in [-0.05, 0) is 25.5 Å². The zero-order chi connectivity index (χ0) is 17.5. The predicted octanol–water partition coefficient (Wildman–Crippen LogP) is 2.47. The maximum atomic E-state index is 12.1. The molecule has 0 amide bonds. The molecule has 0 atom stereocenters. The molecule has 24 heavy (non-hydrogen) atoms. The van der Waals surface area contributed by atoms with E-state index in [1.807, 2.05) is 30.3 Å². The van der Waals surface area contributed by atoms with Crippen molar-refractivity contribution in [2.45, 2.75) is 27.1 Å². The molecule has 0 saturated carbocycles. The monoisotopic (exact) mass is 329 g/mol. The van der Waals surface area contributed by atoms with E-state index in [1.165, 1.54) is 13.0 Å². The van der Waals surface area contributed by atoms with Gasteiger partial charge in [0, 0.05) is 0 Å². The second-order valence-corrected chi connectivity index (χ2v) is 5.16. The summed E-state index contributed by atoms with van der Waals surface area (Å²) in [7, 11) is 0. The molecular weight excluding hydrogens is 310 g/mol. The summed E-state index contributed by atoms with van der Waals surface area (Å²) in [6.07, 6.45) is 0. The van der Waals surface area contributed by atoms with E-state index < -0.39 is 17.3 Å². The van der Waals surface area contributed by atoms with Gasteiger partial charge in [0.05, 0.1) is 36.6 Å². The molecule has 1 aromatic heterocycles. The van der Waals surface area contributed by atoms with E-state index in [0.717, 1.165) is 5.56 Å². The number of hydrogen-bond acceptors (Lipinski definition) is 5. The van der Waals surface area contributed by atoms with Gasteiger partial charge in [-0.2, -0.15) is 0 Å². The van der Waals surface area contributed by atoms with Crippen molar-refractivity contribution in [3.05, 3.63) is 69.1 Å². The van der Waals surface area contributed by atoms with E-state index in [2.05, 4.69) is 4.98 Å². The lowest BCUT2D eigenvalue weighted by molar-refractivity contribution is 0.0514. The average Bonchev–Trinajstić information content (AvgIpc) is 2.55. The number of ether oxygens (including phenoxy) is 2. The zero-order valence-electron chi connectivity index (χ0n) is 13.6. The second-order valence-electron chi connectivity index (χ2n) is 5.16. The third-order valence-corrected chi connectivity index (χ3v) is 3.36. The SMILES string of the molecule is CCOC(=O)c1cc(C(C)=O)c(=O)[nH]c1COCc1ccccc1. The Bertz CT molecular complexity index is 780. The Kier molecular flexibility index (Phi) is 6.03. The summed E-state index contributed by atoms with van der Waals surface area (Å²) in [5, 5.41) is 0. The first-order valence-corrected chi connectivity index (χ1v) is 7.58. The first kappa shape index (κ1) is 17.6. The number of nitrogens with one attached hydrogen (secondary N) is 1. The minimum atomic E-state index is -0.602. The number of esters is 1. The lowest BCUT2D eigenvalue weighted by atomic mass is 10.1. The minimum absolute atomic E-state index is 0.0243. The van der Waals surface area contributed by atoms with Crippen LogP contribution in [0.15, 0.2) is 41.2 Å². The smallest absolute Gasteiger partial charge is 0.340 e. The topological polar surface area (TPSA) is 85.5 Å². The highest BCUT2D eigenvalue weighted by Crippen LogP contribution is 2.12. The molecule has 2 rings (SSSR count). The number of aromatic amines is 1. The number of aromatic nitrogens is 1. The van der Waals surface area contributed by atoms with Crippen molar-refractivity contribution in [3.63, 3.8) is 0 Å². The molecule has 1 N–H and O–H groups in total. The van der Waals surface area contributed by atoms with Crippen LogP contribution < -0.4 is 5.56 Å². The number of rotatable bonds is 7. The van der Waals surface area contributed by atoms with Gasteiger partial charge in [-0.1, -0.05) is 30.3 Å². The summed E-state index contributed by atoms with van der Waals surface area (Å²) in [6.45, 7) is 3.50. The Morgan fingerprint density at radius 1 is 1.08 bits per heavy atom. The number of hydrogen-bond donors (Lipinski definition) is 1. The average molecular weight is 329 g/mol. The van der Waals surface area contributed by atoms with Crippen LogP contribution in [0, 0.1) is 0 Å². The summed E-state index contributed by atoms with van der Waals surface area (Å²) in [6, 6.07) is 10.8. The van der Waals surface area contributed by atoms with Gasteiger partial charge in [0.15, 0.2) is 5.78 Å². The van der Waals surface area contributed by atoms with Gasteiger partial charge in [0.1, 0.15) is 0 Å². The van der Waals surface area contributed by atoms with Crippen LogP contribution in [0.25, 0.3) is 0 Å². The van der Waals surface area contributed by atoms with Crippen LogP contribution in [0.3, 0.4) is 0 Å². The van der Waals surface area contributed by atoms with Crippen LogP contribution >= 0.6 is 0 Å². The molecule has 6 heteroatoms. The fourth-order valence-electron chi connectivity index (χ4n) is 2.18. The normalized spacial score (nSPS) is 10.4. The highest BCUT2D eigenvalue weighted by molar-refractivity contribution is 5.97. The van der Waals surface area contributed by atoms with Crippen LogP contribution in [0.2, 0.25) is 0 Å². The first-order chi connectivity index (χ1) is 11.5. The Morgan fingerprint density at radius 3 is 2.42 bits per heavy atom. The molecule has 0 saturated heterocycles. The number of H-pyrrole nitrogens is 1. The molecule has 2 aromatic rings. The molecule has 0 aliphatic heterocycles. The number of carbonyl (C=O) groups excluding carboxylic acids is 2. The largest absolute Gasteiger partial charge is 0.462 e. The predicted molar refractivity (Wildman–Crippen MR) is 88.0 cm³/mol. The van der Waals surface area contributed by atoms with Gasteiger partial charge in [-0.25, -0.2) is 4.79 Å². The molecule has 0 spiro atoms. The summed E-state index contributed by atoms with van der Waals surface area (Å²) in [4.78, 5) is 38.1. The third-order valence-electron chi connectivity index (χ3n) is 3.36. The van der Waals surface area contributed by atoms with E-state index >= 15 is 0 Å². The van der Waals surface area contributed by atoms with Crippen molar-refractivity contribution in [2.75, 3.05) is 6.61 Å². The molecule has 0 unspecified atom stereocenters. The molecule has 1 heterocycles. The third kappa shape index (κ3) is 4.39. The summed E-state index contributed by atoms with van der Waals surface area (Å²) in [5.74, 6) is -1.02. The molecule has 0 bridgehead atoms. The zero-order valence-corrected chi connectivity index (χ0v) is 13.6. The number of benzene rings is 1. The van der Waals surface area contributed by atoms with E-state index in [1.54, 1.807) is 6.92 Å². The lowest BCUT2D eigenvalue weighted by Gasteiger charge is -2.11. The number of pyridine rings is 1. The van der Waals surface area contributed by atoms with E-state index in [4.69, 9.17) is 9.47 Å². The van der Waals surface area contributed by atoms with Gasteiger partial charge in [0.25, 0.3) is 5.56 Å². The quantitative estimate of drug-likeness (QED) is 0.623. The lowest BCUT2D eigenvalue weighted by Crippen LogP contribution is -2.22. The molecule has 0 aliphatic carbocycles.